The lowest BCUT2D eigenvalue weighted by Gasteiger charge is -2.26. The summed E-state index contributed by atoms with van der Waals surface area (Å²) >= 11 is 0. The molecule has 4 rings (SSSR count). The number of rotatable bonds is 6. The SMILES string of the molecule is CC1(C)OC2C(NCc3ccccc3)[C@@H](COC(=O)c3ccccc3)O[C@@H]2O1. The molecular weight excluding hydrogens is 358 g/mol. The maximum absolute atomic E-state index is 12.3. The molecule has 0 radical (unpaired) electrons. The number of nitrogens with one attached hydrogen (secondary N) is 1. The molecule has 2 unspecified atom stereocenters. The van der Waals surface area contributed by atoms with Gasteiger partial charge in [-0.25, -0.2) is 4.79 Å². The Hall–Kier alpha value is -2.25. The number of hydrogen-bond donors (Lipinski definition) is 1. The predicted octanol–water partition coefficient (Wildman–Crippen LogP) is 2.88. The van der Waals surface area contributed by atoms with Gasteiger partial charge in [-0.2, -0.15) is 0 Å². The van der Waals surface area contributed by atoms with Crippen LogP contribution in [0.2, 0.25) is 0 Å². The second kappa shape index (κ2) is 8.01. The molecular formula is C22H25NO5. The van der Waals surface area contributed by atoms with Crippen molar-refractivity contribution in [3.63, 3.8) is 0 Å². The number of benzene rings is 2. The topological polar surface area (TPSA) is 66.0 Å². The smallest absolute Gasteiger partial charge is 0.338 e. The molecule has 2 saturated heterocycles. The first-order valence-electron chi connectivity index (χ1n) is 9.52. The van der Waals surface area contributed by atoms with E-state index in [9.17, 15) is 4.79 Å². The van der Waals surface area contributed by atoms with Crippen LogP contribution in [0.1, 0.15) is 29.8 Å². The Labute approximate surface area is 164 Å². The van der Waals surface area contributed by atoms with Crippen molar-refractivity contribution >= 4 is 5.97 Å². The second-order valence-corrected chi connectivity index (χ2v) is 7.50. The molecule has 6 heteroatoms. The summed E-state index contributed by atoms with van der Waals surface area (Å²) in [6.07, 6.45) is -1.11. The Kier molecular flexibility index (Phi) is 5.46. The first-order valence-corrected chi connectivity index (χ1v) is 9.52. The standard InChI is InChI=1S/C22H25NO5/c1-22(2)27-19-18(23-13-15-9-5-3-6-10-15)17(26-21(19)28-22)14-25-20(24)16-11-7-4-8-12-16/h3-12,17-19,21,23H,13-14H2,1-2H3/t17-,18?,19?,21-/m1/s1. The summed E-state index contributed by atoms with van der Waals surface area (Å²) in [6, 6.07) is 18.9. The van der Waals surface area contributed by atoms with Gasteiger partial charge in [-0.15, -0.1) is 0 Å². The lowest BCUT2D eigenvalue weighted by Crippen LogP contribution is -2.47. The third-order valence-electron chi connectivity index (χ3n) is 4.92. The fourth-order valence-electron chi connectivity index (χ4n) is 3.61. The molecule has 148 valence electrons. The molecule has 2 aliphatic heterocycles. The van der Waals surface area contributed by atoms with Gasteiger partial charge in [-0.3, -0.25) is 0 Å². The molecule has 2 heterocycles. The van der Waals surface area contributed by atoms with Crippen LogP contribution in [0.15, 0.2) is 60.7 Å². The van der Waals surface area contributed by atoms with E-state index in [1.54, 1.807) is 24.3 Å². The van der Waals surface area contributed by atoms with Crippen LogP contribution in [0.25, 0.3) is 0 Å². The van der Waals surface area contributed by atoms with Crippen molar-refractivity contribution in [2.24, 2.45) is 0 Å². The Balaban J connectivity index is 1.42. The van der Waals surface area contributed by atoms with E-state index >= 15 is 0 Å². The molecule has 0 bridgehead atoms. The summed E-state index contributed by atoms with van der Waals surface area (Å²) in [6.45, 7) is 4.52. The fraction of sp³-hybridized carbons (Fsp3) is 0.409. The molecule has 0 aliphatic carbocycles. The van der Waals surface area contributed by atoms with Gasteiger partial charge >= 0.3 is 5.97 Å². The van der Waals surface area contributed by atoms with Crippen molar-refractivity contribution in [3.05, 3.63) is 71.8 Å². The predicted molar refractivity (Wildman–Crippen MR) is 102 cm³/mol. The van der Waals surface area contributed by atoms with E-state index in [2.05, 4.69) is 17.4 Å². The number of esters is 1. The van der Waals surface area contributed by atoms with Gasteiger partial charge in [0, 0.05) is 6.54 Å². The summed E-state index contributed by atoms with van der Waals surface area (Å²) in [5.41, 5.74) is 1.67. The van der Waals surface area contributed by atoms with Gasteiger partial charge in [-0.05, 0) is 31.5 Å². The summed E-state index contributed by atoms with van der Waals surface area (Å²) < 4.78 is 23.4. The summed E-state index contributed by atoms with van der Waals surface area (Å²) in [4.78, 5) is 12.3. The molecule has 28 heavy (non-hydrogen) atoms. The molecule has 6 nitrogen and oxygen atoms in total. The van der Waals surface area contributed by atoms with Crippen molar-refractivity contribution in [2.75, 3.05) is 6.61 Å². The Bertz CT molecular complexity index is 795. The van der Waals surface area contributed by atoms with Crippen LogP contribution < -0.4 is 5.32 Å². The highest BCUT2D eigenvalue weighted by molar-refractivity contribution is 5.89. The van der Waals surface area contributed by atoms with Gasteiger partial charge < -0.3 is 24.3 Å². The second-order valence-electron chi connectivity index (χ2n) is 7.50. The summed E-state index contributed by atoms with van der Waals surface area (Å²) in [5.74, 6) is -1.07. The zero-order valence-electron chi connectivity index (χ0n) is 16.0. The minimum absolute atomic E-state index is 0.125. The number of hydrogen-bond acceptors (Lipinski definition) is 6. The van der Waals surface area contributed by atoms with Crippen LogP contribution in [0, 0.1) is 0 Å². The van der Waals surface area contributed by atoms with Crippen molar-refractivity contribution in [2.45, 2.75) is 50.7 Å². The molecule has 2 fully saturated rings. The van der Waals surface area contributed by atoms with Gasteiger partial charge in [0.1, 0.15) is 18.8 Å². The number of ether oxygens (including phenoxy) is 4. The molecule has 2 aliphatic rings. The normalized spacial score (nSPS) is 28.1. The molecule has 0 saturated carbocycles. The van der Waals surface area contributed by atoms with Gasteiger partial charge in [0.05, 0.1) is 11.6 Å². The minimum Gasteiger partial charge on any atom is -0.459 e. The highest BCUT2D eigenvalue weighted by Gasteiger charge is 2.54. The number of carbonyl (C=O) groups excluding carboxylic acids is 1. The zero-order chi connectivity index (χ0) is 19.6. The number of carbonyl (C=O) groups is 1. The van der Waals surface area contributed by atoms with E-state index in [1.165, 1.54) is 0 Å². The fourth-order valence-corrected chi connectivity index (χ4v) is 3.61. The highest BCUT2D eigenvalue weighted by atomic mass is 16.8. The zero-order valence-corrected chi connectivity index (χ0v) is 16.0. The van der Waals surface area contributed by atoms with E-state index in [4.69, 9.17) is 18.9 Å². The van der Waals surface area contributed by atoms with Crippen LogP contribution in [-0.2, 0) is 25.5 Å². The average molecular weight is 383 g/mol. The van der Waals surface area contributed by atoms with Crippen LogP contribution >= 0.6 is 0 Å². The largest absolute Gasteiger partial charge is 0.459 e. The summed E-state index contributed by atoms with van der Waals surface area (Å²) in [5, 5.41) is 3.50. The molecule has 0 amide bonds. The molecule has 2 aromatic rings. The van der Waals surface area contributed by atoms with Crippen molar-refractivity contribution in [1.82, 2.24) is 5.32 Å². The van der Waals surface area contributed by atoms with Crippen LogP contribution in [0.5, 0.6) is 0 Å². The Morgan fingerprint density at radius 2 is 1.71 bits per heavy atom. The molecule has 0 spiro atoms. The van der Waals surface area contributed by atoms with Crippen molar-refractivity contribution in [1.29, 1.82) is 0 Å². The minimum atomic E-state index is -0.701. The van der Waals surface area contributed by atoms with Crippen molar-refractivity contribution in [3.8, 4) is 0 Å². The Morgan fingerprint density at radius 3 is 2.43 bits per heavy atom. The number of fused-ring (bicyclic) bond motifs is 1. The third kappa shape index (κ3) is 4.25. The lowest BCUT2D eigenvalue weighted by molar-refractivity contribution is -0.210. The van der Waals surface area contributed by atoms with E-state index in [0.29, 0.717) is 12.1 Å². The van der Waals surface area contributed by atoms with E-state index in [1.807, 2.05) is 38.1 Å². The average Bonchev–Trinajstić information content (AvgIpc) is 3.17. The molecule has 1 N–H and O–H groups in total. The van der Waals surface area contributed by atoms with E-state index in [0.717, 1.165) is 5.56 Å². The molecule has 4 atom stereocenters. The van der Waals surface area contributed by atoms with Gasteiger partial charge in [-0.1, -0.05) is 48.5 Å². The lowest BCUT2D eigenvalue weighted by atomic mass is 10.1. The quantitative estimate of drug-likeness (QED) is 0.774. The molecule has 2 aromatic carbocycles. The first-order chi connectivity index (χ1) is 13.5. The maximum Gasteiger partial charge on any atom is 0.338 e. The van der Waals surface area contributed by atoms with E-state index < -0.39 is 12.1 Å². The highest BCUT2D eigenvalue weighted by Crippen LogP contribution is 2.37. The first kappa shape index (κ1) is 19.1. The molecule has 0 aromatic heterocycles. The van der Waals surface area contributed by atoms with Gasteiger partial charge in [0.25, 0.3) is 0 Å². The Morgan fingerprint density at radius 1 is 1.04 bits per heavy atom. The third-order valence-corrected chi connectivity index (χ3v) is 4.92. The van der Waals surface area contributed by atoms with Crippen molar-refractivity contribution < 1.29 is 23.7 Å². The van der Waals surface area contributed by atoms with Crippen LogP contribution in [0.4, 0.5) is 0 Å². The van der Waals surface area contributed by atoms with Gasteiger partial charge in [0.15, 0.2) is 12.1 Å². The summed E-state index contributed by atoms with van der Waals surface area (Å²) in [7, 11) is 0. The maximum atomic E-state index is 12.3. The monoisotopic (exact) mass is 383 g/mol. The van der Waals surface area contributed by atoms with Crippen LogP contribution in [0.3, 0.4) is 0 Å². The van der Waals surface area contributed by atoms with Crippen LogP contribution in [-0.4, -0.2) is 42.9 Å². The van der Waals surface area contributed by atoms with E-state index in [-0.39, 0.29) is 30.8 Å². The van der Waals surface area contributed by atoms with Gasteiger partial charge in [0.2, 0.25) is 0 Å².